The van der Waals surface area contributed by atoms with Crippen LogP contribution in [0.3, 0.4) is 0 Å². The van der Waals surface area contributed by atoms with Crippen molar-refractivity contribution in [2.24, 2.45) is 5.11 Å². The summed E-state index contributed by atoms with van der Waals surface area (Å²) in [5.41, 5.74) is 9.82. The number of carbonyl (C=O) groups excluding carboxylic acids is 4. The predicted octanol–water partition coefficient (Wildman–Crippen LogP) is 5.39. The summed E-state index contributed by atoms with van der Waals surface area (Å²) in [4.78, 5) is 59.6. The van der Waals surface area contributed by atoms with Gasteiger partial charge >= 0.3 is 12.2 Å². The molecule has 0 bridgehead atoms. The lowest BCUT2D eigenvalue weighted by Gasteiger charge is -2.29. The molecule has 1 fully saturated rings. The second kappa shape index (κ2) is 17.4. The van der Waals surface area contributed by atoms with Crippen LogP contribution in [0.2, 0.25) is 0 Å². The zero-order valence-electron chi connectivity index (χ0n) is 28.8. The van der Waals surface area contributed by atoms with Gasteiger partial charge in [-0.15, -0.1) is 0 Å². The Morgan fingerprint density at radius 2 is 1.12 bits per heavy atom. The maximum Gasteiger partial charge on any atom is 0.408 e. The molecule has 0 aliphatic carbocycles. The van der Waals surface area contributed by atoms with Crippen LogP contribution < -0.4 is 10.6 Å². The highest BCUT2D eigenvalue weighted by atomic mass is 16.6. The molecule has 2 aromatic rings. The molecule has 2 atom stereocenters. The van der Waals surface area contributed by atoms with E-state index in [2.05, 4.69) is 20.7 Å². The lowest BCUT2D eigenvalue weighted by atomic mass is 10.0. The van der Waals surface area contributed by atoms with Crippen LogP contribution in [-0.4, -0.2) is 89.3 Å². The Morgan fingerprint density at radius 3 is 1.46 bits per heavy atom. The van der Waals surface area contributed by atoms with E-state index in [1.54, 1.807) is 41.5 Å². The van der Waals surface area contributed by atoms with E-state index in [9.17, 15) is 24.7 Å². The van der Waals surface area contributed by atoms with Crippen LogP contribution in [-0.2, 0) is 31.9 Å². The van der Waals surface area contributed by atoms with Gasteiger partial charge in [0, 0.05) is 31.1 Å². The number of benzene rings is 2. The summed E-state index contributed by atoms with van der Waals surface area (Å²) >= 11 is 0. The molecule has 1 heterocycles. The zero-order valence-corrected chi connectivity index (χ0v) is 28.8. The van der Waals surface area contributed by atoms with E-state index in [1.807, 2.05) is 60.7 Å². The first-order chi connectivity index (χ1) is 22.6. The number of aryl methyl sites for hydroxylation is 2. The van der Waals surface area contributed by atoms with Gasteiger partial charge in [0.05, 0.1) is 6.04 Å². The largest absolute Gasteiger partial charge is 0.444 e. The van der Waals surface area contributed by atoms with E-state index in [0.717, 1.165) is 11.1 Å². The fourth-order valence-electron chi connectivity index (χ4n) is 5.30. The van der Waals surface area contributed by atoms with Gasteiger partial charge in [-0.1, -0.05) is 65.8 Å². The number of alkyl carbamates (subject to hydrolysis) is 2. The molecule has 0 spiro atoms. The summed E-state index contributed by atoms with van der Waals surface area (Å²) in [5.74, 6) is -0.756. The van der Waals surface area contributed by atoms with Gasteiger partial charge in [0.2, 0.25) is 11.8 Å². The standard InChI is InChI=1S/C35H49N7O6/c1-34(2,3)47-32(45)37-28(19-17-25-13-9-7-10-14-25)30(43)41-21-22-42(24-27(23-41)39-40-36)31(44)29(38-33(46)48-35(4,5)6)20-18-26-15-11-8-12-16-26/h7-16,27-29H,17-24H2,1-6H3,(H,37,45)(H,38,46)/t28-,29-/m0/s1. The molecule has 260 valence electrons. The van der Waals surface area contributed by atoms with Crippen molar-refractivity contribution in [3.63, 3.8) is 0 Å². The molecule has 2 aromatic carbocycles. The van der Waals surface area contributed by atoms with Crippen molar-refractivity contribution in [1.82, 2.24) is 20.4 Å². The Labute approximate surface area is 283 Å². The highest BCUT2D eigenvalue weighted by molar-refractivity contribution is 5.87. The molecule has 1 saturated heterocycles. The summed E-state index contributed by atoms with van der Waals surface area (Å²) in [6.07, 6.45) is 0.196. The number of nitrogens with one attached hydrogen (secondary N) is 2. The lowest BCUT2D eigenvalue weighted by molar-refractivity contribution is -0.135. The first-order valence-corrected chi connectivity index (χ1v) is 16.3. The first-order valence-electron chi connectivity index (χ1n) is 16.3. The maximum atomic E-state index is 14.0. The average molecular weight is 664 g/mol. The lowest BCUT2D eigenvalue weighted by Crippen LogP contribution is -2.52. The van der Waals surface area contributed by atoms with Crippen molar-refractivity contribution in [2.75, 3.05) is 26.2 Å². The van der Waals surface area contributed by atoms with E-state index in [4.69, 9.17) is 9.47 Å². The van der Waals surface area contributed by atoms with Gasteiger partial charge in [-0.2, -0.15) is 0 Å². The van der Waals surface area contributed by atoms with Gasteiger partial charge in [-0.3, -0.25) is 9.59 Å². The highest BCUT2D eigenvalue weighted by Gasteiger charge is 2.35. The second-order valence-electron chi connectivity index (χ2n) is 13.9. The Bertz CT molecular complexity index is 1320. The molecule has 13 nitrogen and oxygen atoms in total. The third-order valence-electron chi connectivity index (χ3n) is 7.45. The van der Waals surface area contributed by atoms with Crippen molar-refractivity contribution in [3.8, 4) is 0 Å². The third kappa shape index (κ3) is 13.2. The van der Waals surface area contributed by atoms with Crippen molar-refractivity contribution in [3.05, 3.63) is 82.2 Å². The molecule has 2 N–H and O–H groups in total. The van der Waals surface area contributed by atoms with Gasteiger partial charge in [0.15, 0.2) is 0 Å². The van der Waals surface area contributed by atoms with Crippen LogP contribution in [0.15, 0.2) is 65.8 Å². The molecule has 0 radical (unpaired) electrons. The molecule has 1 aliphatic rings. The zero-order chi connectivity index (χ0) is 35.3. The molecule has 3 rings (SSSR count). The number of rotatable bonds is 11. The van der Waals surface area contributed by atoms with Crippen LogP contribution in [0, 0.1) is 0 Å². The summed E-state index contributed by atoms with van der Waals surface area (Å²) in [6, 6.07) is 16.6. The van der Waals surface area contributed by atoms with Crippen molar-refractivity contribution in [1.29, 1.82) is 0 Å². The van der Waals surface area contributed by atoms with E-state index >= 15 is 0 Å². The van der Waals surface area contributed by atoms with E-state index in [1.165, 1.54) is 9.80 Å². The fraction of sp³-hybridized carbons (Fsp3) is 0.543. The number of ether oxygens (including phenoxy) is 2. The molecule has 0 unspecified atom stereocenters. The second-order valence-corrected chi connectivity index (χ2v) is 13.9. The van der Waals surface area contributed by atoms with Crippen LogP contribution in [0.4, 0.5) is 9.59 Å². The minimum Gasteiger partial charge on any atom is -0.444 e. The summed E-state index contributed by atoms with van der Waals surface area (Å²) in [5, 5.41) is 9.37. The smallest absolute Gasteiger partial charge is 0.408 e. The molecule has 4 amide bonds. The summed E-state index contributed by atoms with van der Waals surface area (Å²) in [6.45, 7) is 10.8. The normalized spacial score (nSPS) is 15.3. The third-order valence-corrected chi connectivity index (χ3v) is 7.45. The highest BCUT2D eigenvalue weighted by Crippen LogP contribution is 2.17. The monoisotopic (exact) mass is 663 g/mol. The number of azide groups is 1. The van der Waals surface area contributed by atoms with E-state index in [-0.39, 0.29) is 38.0 Å². The van der Waals surface area contributed by atoms with Crippen LogP contribution >= 0.6 is 0 Å². The van der Waals surface area contributed by atoms with Crippen LogP contribution in [0.1, 0.15) is 65.5 Å². The summed E-state index contributed by atoms with van der Waals surface area (Å²) < 4.78 is 10.9. The average Bonchev–Trinajstić information content (AvgIpc) is 3.23. The SMILES string of the molecule is CC(C)(C)OC(=O)N[C@@H](CCc1ccccc1)C(=O)N1CCN(C(=O)[C@H](CCc2ccccc2)NC(=O)OC(C)(C)C)CC(N=[N+]=[N-])C1. The summed E-state index contributed by atoms with van der Waals surface area (Å²) in [7, 11) is 0. The molecule has 48 heavy (non-hydrogen) atoms. The van der Waals surface area contributed by atoms with Gasteiger partial charge in [-0.05, 0) is 83.9 Å². The van der Waals surface area contributed by atoms with Crippen molar-refractivity contribution >= 4 is 24.0 Å². The quantitative estimate of drug-likeness (QED) is 0.186. The molecular formula is C35H49N7O6. The number of nitrogens with zero attached hydrogens (tertiary/aromatic N) is 5. The number of hydrogen-bond donors (Lipinski definition) is 2. The van der Waals surface area contributed by atoms with Crippen molar-refractivity contribution < 1.29 is 28.7 Å². The molecule has 13 heteroatoms. The molecular weight excluding hydrogens is 614 g/mol. The molecule has 1 aliphatic heterocycles. The number of amides is 4. The topological polar surface area (TPSA) is 166 Å². The first kappa shape index (κ1) is 37.7. The minimum atomic E-state index is -0.929. The van der Waals surface area contributed by atoms with Gasteiger partial charge < -0.3 is 29.9 Å². The van der Waals surface area contributed by atoms with Crippen molar-refractivity contribution in [2.45, 2.75) is 96.6 Å². The van der Waals surface area contributed by atoms with Crippen LogP contribution in [0.25, 0.3) is 10.4 Å². The minimum absolute atomic E-state index is 0.0404. The Hall–Kier alpha value is -4.77. The van der Waals surface area contributed by atoms with Gasteiger partial charge in [-0.25, -0.2) is 9.59 Å². The Balaban J connectivity index is 1.81. The fourth-order valence-corrected chi connectivity index (χ4v) is 5.30. The molecule has 0 aromatic heterocycles. The van der Waals surface area contributed by atoms with E-state index < -0.39 is 41.5 Å². The number of carbonyl (C=O) groups is 4. The van der Waals surface area contributed by atoms with Gasteiger partial charge in [0.25, 0.3) is 0 Å². The van der Waals surface area contributed by atoms with Gasteiger partial charge in [0.1, 0.15) is 23.3 Å². The van der Waals surface area contributed by atoms with Crippen LogP contribution in [0.5, 0.6) is 0 Å². The number of hydrogen-bond acceptors (Lipinski definition) is 7. The maximum absolute atomic E-state index is 14.0. The Kier molecular flexibility index (Phi) is 13.7. The Morgan fingerprint density at radius 1 is 0.750 bits per heavy atom. The van der Waals surface area contributed by atoms with E-state index in [0.29, 0.717) is 25.7 Å². The molecule has 0 saturated carbocycles. The predicted molar refractivity (Wildman–Crippen MR) is 182 cm³/mol.